The highest BCUT2D eigenvalue weighted by Gasteiger charge is 2.26. The van der Waals surface area contributed by atoms with E-state index in [2.05, 4.69) is 5.73 Å². The van der Waals surface area contributed by atoms with Gasteiger partial charge in [0.25, 0.3) is 5.69 Å². The Morgan fingerprint density at radius 3 is 2.35 bits per heavy atom. The number of primary amides is 1. The highest BCUT2D eigenvalue weighted by atomic mass is 16.6. The van der Waals surface area contributed by atoms with Crippen LogP contribution in [0.3, 0.4) is 0 Å². The molecular formula is C14H23N3O3. The molecule has 0 heterocycles. The highest BCUT2D eigenvalue weighted by Crippen LogP contribution is 2.36. The number of hydrogen-bond acceptors (Lipinski definition) is 4. The number of carbonyl (C=O) groups excluding carboxylic acids is 1. The van der Waals surface area contributed by atoms with Crippen LogP contribution in [-0.4, -0.2) is 11.3 Å². The molecule has 1 amide bonds. The number of nitrogens with zero attached hydrogens (tertiary/aromatic N) is 1. The summed E-state index contributed by atoms with van der Waals surface area (Å²) in [7, 11) is 0. The van der Waals surface area contributed by atoms with Crippen molar-refractivity contribution >= 4 is 12.1 Å². The molecule has 6 nitrogen and oxygen atoms in total. The molecule has 1 unspecified atom stereocenters. The zero-order valence-corrected chi connectivity index (χ0v) is 12.0. The number of nitro groups is 1. The fraction of sp³-hybridized carbons (Fsp3) is 0.500. The zero-order valence-electron chi connectivity index (χ0n) is 12.0. The second-order valence-electron chi connectivity index (χ2n) is 4.20. The summed E-state index contributed by atoms with van der Waals surface area (Å²) < 4.78 is 0. The SMILES string of the molecule is CC.NC(c1cccc([N+](=O)[O-])c1)C1CCC1.NC=O. The molecule has 0 spiro atoms. The van der Waals surface area contributed by atoms with E-state index < -0.39 is 0 Å². The molecule has 1 aliphatic carbocycles. The Hall–Kier alpha value is -1.95. The number of hydrogen-bond donors (Lipinski definition) is 2. The Kier molecular flexibility index (Phi) is 8.95. The fourth-order valence-corrected chi connectivity index (χ4v) is 1.92. The summed E-state index contributed by atoms with van der Waals surface area (Å²) in [4.78, 5) is 18.8. The Morgan fingerprint density at radius 2 is 1.95 bits per heavy atom. The third kappa shape index (κ3) is 5.36. The van der Waals surface area contributed by atoms with E-state index in [9.17, 15) is 10.1 Å². The van der Waals surface area contributed by atoms with Crippen LogP contribution in [0.4, 0.5) is 5.69 Å². The van der Waals surface area contributed by atoms with Gasteiger partial charge in [-0.2, -0.15) is 0 Å². The molecule has 4 N–H and O–H groups in total. The number of nitro benzene ring substituents is 1. The summed E-state index contributed by atoms with van der Waals surface area (Å²) in [5.74, 6) is 0.506. The van der Waals surface area contributed by atoms with Crippen molar-refractivity contribution in [1.29, 1.82) is 0 Å². The standard InChI is InChI=1S/C11H14N2O2.C2H6.CH3NO/c12-11(8-3-1-4-8)9-5-2-6-10(7-9)13(14)15;1-2;2-1-3/h2,5-8,11H,1,3-4,12H2;1-2H3;1H,(H2,2,3). The zero-order chi connectivity index (χ0) is 15.5. The molecule has 1 aliphatic rings. The topological polar surface area (TPSA) is 112 Å². The van der Waals surface area contributed by atoms with Gasteiger partial charge in [0.2, 0.25) is 6.41 Å². The molecule has 0 aliphatic heterocycles. The van der Waals surface area contributed by atoms with Gasteiger partial charge in [-0.05, 0) is 24.3 Å². The predicted molar refractivity (Wildman–Crippen MR) is 79.0 cm³/mol. The second-order valence-corrected chi connectivity index (χ2v) is 4.20. The molecule has 1 saturated carbocycles. The summed E-state index contributed by atoms with van der Waals surface area (Å²) in [5.41, 5.74) is 11.2. The van der Waals surface area contributed by atoms with Crippen LogP contribution in [0.5, 0.6) is 0 Å². The highest BCUT2D eigenvalue weighted by molar-refractivity contribution is 5.42. The van der Waals surface area contributed by atoms with Crippen molar-refractivity contribution in [1.82, 2.24) is 0 Å². The molecule has 0 bridgehead atoms. The molecule has 0 radical (unpaired) electrons. The van der Waals surface area contributed by atoms with Crippen LogP contribution in [0.1, 0.15) is 44.7 Å². The maximum Gasteiger partial charge on any atom is 0.269 e. The van der Waals surface area contributed by atoms with E-state index in [1.165, 1.54) is 12.5 Å². The number of rotatable bonds is 3. The van der Waals surface area contributed by atoms with E-state index in [-0.39, 0.29) is 23.1 Å². The lowest BCUT2D eigenvalue weighted by atomic mass is 9.77. The molecule has 0 saturated heterocycles. The van der Waals surface area contributed by atoms with Crippen LogP contribution in [0.2, 0.25) is 0 Å². The van der Waals surface area contributed by atoms with E-state index in [0.29, 0.717) is 5.92 Å². The minimum atomic E-state index is -0.378. The van der Waals surface area contributed by atoms with Gasteiger partial charge in [0.05, 0.1) is 4.92 Å². The van der Waals surface area contributed by atoms with E-state index in [0.717, 1.165) is 18.4 Å². The molecule has 0 aromatic heterocycles. The quantitative estimate of drug-likeness (QED) is 0.503. The first-order valence-electron chi connectivity index (χ1n) is 6.75. The number of non-ortho nitro benzene ring substituents is 1. The predicted octanol–water partition coefficient (Wildman–Crippen LogP) is 2.52. The lowest BCUT2D eigenvalue weighted by molar-refractivity contribution is -0.384. The lowest BCUT2D eigenvalue weighted by Gasteiger charge is -2.31. The molecule has 6 heteroatoms. The Labute approximate surface area is 119 Å². The van der Waals surface area contributed by atoms with Gasteiger partial charge in [-0.3, -0.25) is 14.9 Å². The van der Waals surface area contributed by atoms with Crippen molar-refractivity contribution in [3.63, 3.8) is 0 Å². The molecule has 1 aromatic carbocycles. The van der Waals surface area contributed by atoms with Crippen LogP contribution in [0.25, 0.3) is 0 Å². The molecule has 20 heavy (non-hydrogen) atoms. The fourth-order valence-electron chi connectivity index (χ4n) is 1.92. The molecule has 112 valence electrons. The van der Waals surface area contributed by atoms with E-state index in [1.54, 1.807) is 12.1 Å². The molecule has 1 fully saturated rings. The first-order chi connectivity index (χ1) is 9.60. The van der Waals surface area contributed by atoms with Gasteiger partial charge >= 0.3 is 0 Å². The average Bonchev–Trinajstić information content (AvgIpc) is 2.40. The Balaban J connectivity index is 0.000000641. The maximum absolute atomic E-state index is 10.6. The van der Waals surface area contributed by atoms with Gasteiger partial charge in [-0.15, -0.1) is 0 Å². The van der Waals surface area contributed by atoms with Crippen LogP contribution in [-0.2, 0) is 4.79 Å². The van der Waals surface area contributed by atoms with Gasteiger partial charge in [-0.25, -0.2) is 0 Å². The monoisotopic (exact) mass is 281 g/mol. The van der Waals surface area contributed by atoms with Crippen LogP contribution in [0, 0.1) is 16.0 Å². The summed E-state index contributed by atoms with van der Waals surface area (Å²) in [6.07, 6.45) is 3.76. The number of carbonyl (C=O) groups is 1. The van der Waals surface area contributed by atoms with E-state index >= 15 is 0 Å². The van der Waals surface area contributed by atoms with Crippen molar-refractivity contribution < 1.29 is 9.72 Å². The molecule has 1 atom stereocenters. The Bertz CT molecular complexity index is 420. The first-order valence-corrected chi connectivity index (χ1v) is 6.75. The van der Waals surface area contributed by atoms with Crippen LogP contribution < -0.4 is 11.5 Å². The van der Waals surface area contributed by atoms with Crippen molar-refractivity contribution in [2.24, 2.45) is 17.4 Å². The van der Waals surface area contributed by atoms with E-state index in [4.69, 9.17) is 10.5 Å². The van der Waals surface area contributed by atoms with Crippen molar-refractivity contribution in [2.75, 3.05) is 0 Å². The van der Waals surface area contributed by atoms with Crippen LogP contribution >= 0.6 is 0 Å². The smallest absolute Gasteiger partial charge is 0.269 e. The summed E-state index contributed by atoms with van der Waals surface area (Å²) in [6.45, 7) is 4.00. The first kappa shape index (κ1) is 18.0. The van der Waals surface area contributed by atoms with Gasteiger partial charge in [0, 0.05) is 18.2 Å². The van der Waals surface area contributed by atoms with Crippen LogP contribution in [0.15, 0.2) is 24.3 Å². The van der Waals surface area contributed by atoms with Crippen molar-refractivity contribution in [3.05, 3.63) is 39.9 Å². The molecule has 1 aromatic rings. The number of amides is 1. The largest absolute Gasteiger partial charge is 0.372 e. The number of benzene rings is 1. The summed E-state index contributed by atoms with van der Waals surface area (Å²) >= 11 is 0. The lowest BCUT2D eigenvalue weighted by Crippen LogP contribution is -2.26. The minimum absolute atomic E-state index is 0.0429. The second kappa shape index (κ2) is 9.91. The summed E-state index contributed by atoms with van der Waals surface area (Å²) in [5, 5.41) is 10.6. The molecular weight excluding hydrogens is 258 g/mol. The van der Waals surface area contributed by atoms with Gasteiger partial charge < -0.3 is 11.5 Å². The van der Waals surface area contributed by atoms with Gasteiger partial charge in [0.1, 0.15) is 0 Å². The Morgan fingerprint density at radius 1 is 1.40 bits per heavy atom. The van der Waals surface area contributed by atoms with Crippen molar-refractivity contribution in [3.8, 4) is 0 Å². The maximum atomic E-state index is 10.6. The van der Waals surface area contributed by atoms with E-state index in [1.807, 2.05) is 19.9 Å². The molecule has 2 rings (SSSR count). The third-order valence-electron chi connectivity index (χ3n) is 3.12. The van der Waals surface area contributed by atoms with Gasteiger partial charge in [-0.1, -0.05) is 32.4 Å². The average molecular weight is 281 g/mol. The third-order valence-corrected chi connectivity index (χ3v) is 3.12. The van der Waals surface area contributed by atoms with Crippen molar-refractivity contribution in [2.45, 2.75) is 39.2 Å². The van der Waals surface area contributed by atoms with Gasteiger partial charge in [0.15, 0.2) is 0 Å². The minimum Gasteiger partial charge on any atom is -0.372 e. The number of nitrogens with two attached hydrogens (primary N) is 2. The summed E-state index contributed by atoms with van der Waals surface area (Å²) in [6, 6.07) is 6.61. The normalized spacial score (nSPS) is 14.6.